The number of halogens is 1. The predicted molar refractivity (Wildman–Crippen MR) is 52.2 cm³/mol. The molecule has 0 heterocycles. The van der Waals surface area contributed by atoms with Crippen LogP contribution >= 0.6 is 0 Å². The fourth-order valence-electron chi connectivity index (χ4n) is 1.08. The quantitative estimate of drug-likeness (QED) is 0.798. The molecule has 0 aromatic heterocycles. The van der Waals surface area contributed by atoms with Crippen LogP contribution in [-0.2, 0) is 0 Å². The molecule has 1 aromatic carbocycles. The molecule has 0 aliphatic rings. The van der Waals surface area contributed by atoms with Gasteiger partial charge in [0.25, 0.3) is 0 Å². The lowest BCUT2D eigenvalue weighted by atomic mass is 10.2. The van der Waals surface area contributed by atoms with Crippen LogP contribution in [0.2, 0.25) is 0 Å². The molecule has 2 N–H and O–H groups in total. The molecular formula is C10H14FNO2. The van der Waals surface area contributed by atoms with Crippen molar-refractivity contribution < 1.29 is 13.9 Å². The fourth-order valence-corrected chi connectivity index (χ4v) is 1.08. The molecule has 0 aliphatic heterocycles. The number of hydrogen-bond acceptors (Lipinski definition) is 3. The Labute approximate surface area is 82.6 Å². The zero-order valence-electron chi connectivity index (χ0n) is 8.34. The number of rotatable bonds is 4. The number of nitrogens with two attached hydrogens (primary N) is 1. The predicted octanol–water partition coefficient (Wildman–Crippen LogP) is 1.48. The summed E-state index contributed by atoms with van der Waals surface area (Å²) in [4.78, 5) is 0. The topological polar surface area (TPSA) is 44.5 Å². The van der Waals surface area contributed by atoms with Crippen LogP contribution in [0.1, 0.15) is 5.56 Å². The summed E-state index contributed by atoms with van der Waals surface area (Å²) in [6.07, 6.45) is 0. The van der Waals surface area contributed by atoms with Crippen molar-refractivity contribution in [2.45, 2.75) is 6.92 Å². The first-order valence-electron chi connectivity index (χ1n) is 4.36. The fraction of sp³-hybridized carbons (Fsp3) is 0.400. The van der Waals surface area contributed by atoms with Gasteiger partial charge in [0.15, 0.2) is 11.5 Å². The second-order valence-corrected chi connectivity index (χ2v) is 2.89. The van der Waals surface area contributed by atoms with E-state index in [9.17, 15) is 4.39 Å². The van der Waals surface area contributed by atoms with Gasteiger partial charge in [0.2, 0.25) is 0 Å². The first kappa shape index (κ1) is 10.8. The summed E-state index contributed by atoms with van der Waals surface area (Å²) < 4.78 is 23.4. The molecule has 0 atom stereocenters. The van der Waals surface area contributed by atoms with Gasteiger partial charge in [0, 0.05) is 12.6 Å². The van der Waals surface area contributed by atoms with E-state index in [0.29, 0.717) is 30.2 Å². The number of aryl methyl sites for hydroxylation is 1. The molecule has 1 aromatic rings. The van der Waals surface area contributed by atoms with Gasteiger partial charge < -0.3 is 15.2 Å². The average molecular weight is 199 g/mol. The Kier molecular flexibility index (Phi) is 3.71. The average Bonchev–Trinajstić information content (AvgIpc) is 2.19. The largest absolute Gasteiger partial charge is 0.493 e. The van der Waals surface area contributed by atoms with Crippen LogP contribution in [0.4, 0.5) is 4.39 Å². The van der Waals surface area contributed by atoms with Gasteiger partial charge in [-0.2, -0.15) is 0 Å². The van der Waals surface area contributed by atoms with Crippen LogP contribution in [0, 0.1) is 12.7 Å². The molecule has 0 bridgehead atoms. The van der Waals surface area contributed by atoms with Gasteiger partial charge in [-0.15, -0.1) is 0 Å². The normalized spacial score (nSPS) is 10.0. The van der Waals surface area contributed by atoms with E-state index >= 15 is 0 Å². The van der Waals surface area contributed by atoms with Crippen LogP contribution in [0.15, 0.2) is 12.1 Å². The van der Waals surface area contributed by atoms with Crippen molar-refractivity contribution in [2.75, 3.05) is 20.3 Å². The molecule has 0 unspecified atom stereocenters. The number of methoxy groups -OCH3 is 1. The highest BCUT2D eigenvalue weighted by Gasteiger charge is 2.08. The molecule has 0 saturated heterocycles. The number of hydrogen-bond donors (Lipinski definition) is 1. The SMILES string of the molecule is COc1cc(C)c(F)cc1OCCN. The lowest BCUT2D eigenvalue weighted by Gasteiger charge is -2.10. The van der Waals surface area contributed by atoms with Crippen molar-refractivity contribution in [2.24, 2.45) is 5.73 Å². The Morgan fingerprint density at radius 3 is 2.64 bits per heavy atom. The van der Waals surface area contributed by atoms with Crippen molar-refractivity contribution in [3.05, 3.63) is 23.5 Å². The van der Waals surface area contributed by atoms with Crippen molar-refractivity contribution >= 4 is 0 Å². The third-order valence-corrected chi connectivity index (χ3v) is 1.82. The summed E-state index contributed by atoms with van der Waals surface area (Å²) in [7, 11) is 1.52. The minimum absolute atomic E-state index is 0.308. The Bertz CT molecular complexity index is 315. The van der Waals surface area contributed by atoms with Crippen molar-refractivity contribution in [3.8, 4) is 11.5 Å². The van der Waals surface area contributed by atoms with E-state index < -0.39 is 0 Å². The maximum absolute atomic E-state index is 13.2. The maximum atomic E-state index is 13.2. The molecule has 4 heteroatoms. The van der Waals surface area contributed by atoms with Crippen LogP contribution in [0.3, 0.4) is 0 Å². The monoisotopic (exact) mass is 199 g/mol. The first-order chi connectivity index (χ1) is 6.69. The smallest absolute Gasteiger partial charge is 0.164 e. The van der Waals surface area contributed by atoms with Gasteiger partial charge >= 0.3 is 0 Å². The number of benzene rings is 1. The van der Waals surface area contributed by atoms with Crippen LogP contribution in [-0.4, -0.2) is 20.3 Å². The summed E-state index contributed by atoms with van der Waals surface area (Å²) >= 11 is 0. The molecule has 1 rings (SSSR count). The molecule has 0 fully saturated rings. The van der Waals surface area contributed by atoms with Crippen LogP contribution in [0.25, 0.3) is 0 Å². The molecular weight excluding hydrogens is 185 g/mol. The lowest BCUT2D eigenvalue weighted by molar-refractivity contribution is 0.300. The number of ether oxygens (including phenoxy) is 2. The highest BCUT2D eigenvalue weighted by molar-refractivity contribution is 5.43. The van der Waals surface area contributed by atoms with E-state index in [4.69, 9.17) is 15.2 Å². The van der Waals surface area contributed by atoms with E-state index in [0.717, 1.165) is 0 Å². The third-order valence-electron chi connectivity index (χ3n) is 1.82. The van der Waals surface area contributed by atoms with E-state index in [1.165, 1.54) is 13.2 Å². The minimum atomic E-state index is -0.308. The molecule has 3 nitrogen and oxygen atoms in total. The van der Waals surface area contributed by atoms with Gasteiger partial charge in [0.05, 0.1) is 7.11 Å². The van der Waals surface area contributed by atoms with Crippen molar-refractivity contribution in [1.82, 2.24) is 0 Å². The van der Waals surface area contributed by atoms with Gasteiger partial charge in [-0.1, -0.05) is 0 Å². The summed E-state index contributed by atoms with van der Waals surface area (Å²) in [6.45, 7) is 2.40. The summed E-state index contributed by atoms with van der Waals surface area (Å²) in [5.74, 6) is 0.608. The van der Waals surface area contributed by atoms with E-state index in [1.54, 1.807) is 13.0 Å². The molecule has 0 spiro atoms. The second-order valence-electron chi connectivity index (χ2n) is 2.89. The molecule has 14 heavy (non-hydrogen) atoms. The Balaban J connectivity index is 2.95. The van der Waals surface area contributed by atoms with E-state index in [-0.39, 0.29) is 5.82 Å². The van der Waals surface area contributed by atoms with Gasteiger partial charge in [0.1, 0.15) is 12.4 Å². The summed E-state index contributed by atoms with van der Waals surface area (Å²) in [5, 5.41) is 0. The first-order valence-corrected chi connectivity index (χ1v) is 4.36. The summed E-state index contributed by atoms with van der Waals surface area (Å²) in [6, 6.07) is 2.91. The Morgan fingerprint density at radius 1 is 1.36 bits per heavy atom. The van der Waals surface area contributed by atoms with Gasteiger partial charge in [-0.3, -0.25) is 0 Å². The highest BCUT2D eigenvalue weighted by Crippen LogP contribution is 2.29. The zero-order valence-corrected chi connectivity index (χ0v) is 8.34. The molecule has 0 radical (unpaired) electrons. The van der Waals surface area contributed by atoms with Crippen LogP contribution < -0.4 is 15.2 Å². The molecule has 0 aliphatic carbocycles. The summed E-state index contributed by atoms with van der Waals surface area (Å²) in [5.41, 5.74) is 5.81. The Morgan fingerprint density at radius 2 is 2.07 bits per heavy atom. The van der Waals surface area contributed by atoms with Crippen LogP contribution in [0.5, 0.6) is 11.5 Å². The third kappa shape index (κ3) is 2.35. The van der Waals surface area contributed by atoms with E-state index in [1.807, 2.05) is 0 Å². The lowest BCUT2D eigenvalue weighted by Crippen LogP contribution is -2.11. The van der Waals surface area contributed by atoms with Crippen molar-refractivity contribution in [3.63, 3.8) is 0 Å². The molecule has 0 saturated carbocycles. The van der Waals surface area contributed by atoms with Gasteiger partial charge in [-0.05, 0) is 18.6 Å². The molecule has 78 valence electrons. The Hall–Kier alpha value is -1.29. The highest BCUT2D eigenvalue weighted by atomic mass is 19.1. The zero-order chi connectivity index (χ0) is 10.6. The minimum Gasteiger partial charge on any atom is -0.493 e. The standard InChI is InChI=1S/C10H14FNO2/c1-7-5-9(13-2)10(6-8(7)11)14-4-3-12/h5-6H,3-4,12H2,1-2H3. The second kappa shape index (κ2) is 4.81. The maximum Gasteiger partial charge on any atom is 0.164 e. The van der Waals surface area contributed by atoms with Gasteiger partial charge in [-0.25, -0.2) is 4.39 Å². The van der Waals surface area contributed by atoms with Crippen molar-refractivity contribution in [1.29, 1.82) is 0 Å². The van der Waals surface area contributed by atoms with E-state index in [2.05, 4.69) is 0 Å². The molecule has 0 amide bonds.